The van der Waals surface area contributed by atoms with E-state index < -0.39 is 18.2 Å². The van der Waals surface area contributed by atoms with Crippen molar-refractivity contribution in [3.63, 3.8) is 0 Å². The second-order valence-electron chi connectivity index (χ2n) is 11.4. The molecular weight excluding hydrogens is 584 g/mol. The van der Waals surface area contributed by atoms with E-state index in [1.54, 1.807) is 69.1 Å². The fourth-order valence-electron chi connectivity index (χ4n) is 5.21. The van der Waals surface area contributed by atoms with Crippen LogP contribution in [0.15, 0.2) is 40.9 Å². The van der Waals surface area contributed by atoms with Crippen molar-refractivity contribution in [3.8, 4) is 17.2 Å². The van der Waals surface area contributed by atoms with Gasteiger partial charge in [-0.15, -0.1) is 0 Å². The minimum atomic E-state index is -0.516. The van der Waals surface area contributed by atoms with Crippen LogP contribution in [0.4, 0.5) is 26.7 Å². The molecule has 3 aromatic rings. The summed E-state index contributed by atoms with van der Waals surface area (Å²) in [6.45, 7) is 7.57. The maximum atomic E-state index is 13.5. The predicted molar refractivity (Wildman–Crippen MR) is 165 cm³/mol. The molecule has 45 heavy (non-hydrogen) atoms. The van der Waals surface area contributed by atoms with Gasteiger partial charge in [-0.1, -0.05) is 12.1 Å². The number of anilines is 3. The average Bonchev–Trinajstić information content (AvgIpc) is 3.61. The first-order valence-electron chi connectivity index (χ1n) is 14.6. The van der Waals surface area contributed by atoms with Crippen LogP contribution in [-0.2, 0) is 11.2 Å². The van der Waals surface area contributed by atoms with Crippen molar-refractivity contribution in [3.05, 3.63) is 53.4 Å². The Morgan fingerprint density at radius 3 is 2.49 bits per heavy atom. The molecule has 1 aromatic heterocycles. The van der Waals surface area contributed by atoms with Crippen LogP contribution in [0.5, 0.6) is 17.2 Å². The maximum Gasteiger partial charge on any atom is 0.323 e. The summed E-state index contributed by atoms with van der Waals surface area (Å²) in [5.74, 6) is 1.69. The Hall–Kier alpha value is -4.98. The average molecular weight is 623 g/mol. The summed E-state index contributed by atoms with van der Waals surface area (Å²) in [6, 6.07) is 8.93. The molecule has 0 unspecified atom stereocenters. The van der Waals surface area contributed by atoms with Gasteiger partial charge in [0.1, 0.15) is 23.2 Å². The van der Waals surface area contributed by atoms with E-state index >= 15 is 0 Å². The van der Waals surface area contributed by atoms with Gasteiger partial charge in [-0.2, -0.15) is 0 Å². The third-order valence-corrected chi connectivity index (χ3v) is 7.87. The van der Waals surface area contributed by atoms with E-state index in [2.05, 4.69) is 21.1 Å². The molecule has 14 heteroatoms. The highest BCUT2D eigenvalue weighted by Gasteiger charge is 2.32. The first-order chi connectivity index (χ1) is 21.5. The summed E-state index contributed by atoms with van der Waals surface area (Å²) in [5.41, 5.74) is 2.57. The Balaban J connectivity index is 1.34. The van der Waals surface area contributed by atoms with Crippen LogP contribution >= 0.6 is 0 Å². The zero-order valence-electron chi connectivity index (χ0n) is 25.9. The number of nitrogens with one attached hydrogen (secondary N) is 3. The maximum absolute atomic E-state index is 13.5. The van der Waals surface area contributed by atoms with Gasteiger partial charge in [-0.3, -0.25) is 4.79 Å². The standard InChI is InChI=1S/C31H38N6O8/c1-17-13-37(18(2)15-38)28(39)11-21-10-22(32-30(40)34-29-19(3)35-45-20(29)4)6-8-24(21)44-27(17)14-36(5)31(41)33-23-7-9-25-26(12-23)43-16-42-25/h6-10,12,17-18,27,38H,11,13-16H2,1-5H3,(H,33,41)(H2,32,34,40)/t17-,18+,27+/m1/s1. The van der Waals surface area contributed by atoms with Crippen molar-refractivity contribution in [2.75, 3.05) is 49.5 Å². The lowest BCUT2D eigenvalue weighted by molar-refractivity contribution is -0.134. The zero-order valence-corrected chi connectivity index (χ0v) is 25.9. The van der Waals surface area contributed by atoms with E-state index in [0.29, 0.717) is 57.9 Å². The number of rotatable bonds is 7. The Morgan fingerprint density at radius 1 is 1.07 bits per heavy atom. The van der Waals surface area contributed by atoms with Gasteiger partial charge >= 0.3 is 12.1 Å². The zero-order chi connectivity index (χ0) is 32.2. The number of aromatic nitrogens is 1. The molecule has 0 bridgehead atoms. The normalized spacial score (nSPS) is 18.1. The van der Waals surface area contributed by atoms with Crippen molar-refractivity contribution < 1.29 is 38.2 Å². The van der Waals surface area contributed by atoms with Crippen LogP contribution in [0, 0.1) is 19.8 Å². The van der Waals surface area contributed by atoms with Crippen LogP contribution in [0.25, 0.3) is 0 Å². The molecule has 3 atom stereocenters. The largest absolute Gasteiger partial charge is 0.488 e. The molecule has 5 rings (SSSR count). The number of amides is 5. The second kappa shape index (κ2) is 13.3. The van der Waals surface area contributed by atoms with Crippen molar-refractivity contribution in [1.82, 2.24) is 15.0 Å². The fraction of sp³-hybridized carbons (Fsp3) is 0.419. The van der Waals surface area contributed by atoms with Gasteiger partial charge in [0, 0.05) is 42.5 Å². The van der Waals surface area contributed by atoms with Crippen molar-refractivity contribution in [2.45, 2.75) is 46.3 Å². The molecule has 0 fully saturated rings. The number of hydrogen-bond donors (Lipinski definition) is 4. The first-order valence-corrected chi connectivity index (χ1v) is 14.6. The number of aliphatic hydroxyl groups excluding tert-OH is 1. The summed E-state index contributed by atoms with van der Waals surface area (Å²) < 4.78 is 22.4. The predicted octanol–water partition coefficient (Wildman–Crippen LogP) is 3.98. The van der Waals surface area contributed by atoms with E-state index in [1.807, 2.05) is 6.92 Å². The first kappa shape index (κ1) is 31.4. The molecule has 0 saturated carbocycles. The van der Waals surface area contributed by atoms with Gasteiger partial charge in [0.2, 0.25) is 12.7 Å². The quantitative estimate of drug-likeness (QED) is 0.305. The third-order valence-electron chi connectivity index (χ3n) is 7.87. The van der Waals surface area contributed by atoms with Gasteiger partial charge in [0.25, 0.3) is 0 Å². The van der Waals surface area contributed by atoms with Gasteiger partial charge in [0.15, 0.2) is 17.3 Å². The highest BCUT2D eigenvalue weighted by molar-refractivity contribution is 6.00. The van der Waals surface area contributed by atoms with E-state index in [9.17, 15) is 19.5 Å². The molecule has 2 aliphatic rings. The molecule has 3 heterocycles. The molecule has 5 amide bonds. The summed E-state index contributed by atoms with van der Waals surface area (Å²) in [6.07, 6.45) is -0.530. The summed E-state index contributed by atoms with van der Waals surface area (Å²) in [4.78, 5) is 42.6. The molecular formula is C31H38N6O8. The number of fused-ring (bicyclic) bond motifs is 2. The lowest BCUT2D eigenvalue weighted by Crippen LogP contribution is -2.48. The van der Waals surface area contributed by atoms with Crippen LogP contribution in [0.2, 0.25) is 0 Å². The Labute approximate surface area is 260 Å². The number of carbonyl (C=O) groups excluding carboxylic acids is 3. The lowest BCUT2D eigenvalue weighted by Gasteiger charge is -2.34. The summed E-state index contributed by atoms with van der Waals surface area (Å²) in [5, 5.41) is 22.2. The van der Waals surface area contributed by atoms with Crippen molar-refractivity contribution in [1.29, 1.82) is 0 Å². The smallest absolute Gasteiger partial charge is 0.323 e. The van der Waals surface area contributed by atoms with Crippen LogP contribution in [0.3, 0.4) is 0 Å². The molecule has 0 saturated heterocycles. The Bertz CT molecular complexity index is 1560. The second-order valence-corrected chi connectivity index (χ2v) is 11.4. The highest BCUT2D eigenvalue weighted by Crippen LogP contribution is 2.34. The van der Waals surface area contributed by atoms with Gasteiger partial charge in [-0.05, 0) is 51.1 Å². The van der Waals surface area contributed by atoms with E-state index in [-0.39, 0.29) is 44.2 Å². The van der Waals surface area contributed by atoms with E-state index in [0.717, 1.165) is 0 Å². The van der Waals surface area contributed by atoms with Gasteiger partial charge in [-0.25, -0.2) is 9.59 Å². The monoisotopic (exact) mass is 622 g/mol. The highest BCUT2D eigenvalue weighted by atomic mass is 16.7. The molecule has 14 nitrogen and oxygen atoms in total. The molecule has 0 spiro atoms. The number of nitrogens with zero attached hydrogens (tertiary/aromatic N) is 3. The van der Waals surface area contributed by atoms with Crippen LogP contribution < -0.4 is 30.2 Å². The number of ether oxygens (including phenoxy) is 3. The minimum Gasteiger partial charge on any atom is -0.488 e. The number of aliphatic hydroxyl groups is 1. The third kappa shape index (κ3) is 7.23. The van der Waals surface area contributed by atoms with E-state index in [4.69, 9.17) is 18.7 Å². The number of likely N-dealkylation sites (N-methyl/N-ethyl adjacent to an activating group) is 1. The molecule has 0 radical (unpaired) electrons. The molecule has 2 aliphatic heterocycles. The topological polar surface area (TPSA) is 168 Å². The van der Waals surface area contributed by atoms with Crippen LogP contribution in [-0.4, -0.2) is 83.7 Å². The molecule has 240 valence electrons. The van der Waals surface area contributed by atoms with Crippen LogP contribution in [0.1, 0.15) is 30.9 Å². The van der Waals surface area contributed by atoms with Crippen molar-refractivity contribution >= 4 is 35.0 Å². The molecule has 2 aromatic carbocycles. The number of hydrogen-bond acceptors (Lipinski definition) is 9. The van der Waals surface area contributed by atoms with Crippen molar-refractivity contribution in [2.24, 2.45) is 5.92 Å². The Kier molecular flexibility index (Phi) is 9.32. The number of carbonyl (C=O) groups is 3. The summed E-state index contributed by atoms with van der Waals surface area (Å²) >= 11 is 0. The fourth-order valence-corrected chi connectivity index (χ4v) is 5.21. The van der Waals surface area contributed by atoms with Gasteiger partial charge < -0.3 is 49.6 Å². The number of aryl methyl sites for hydroxylation is 2. The number of benzene rings is 2. The SMILES string of the molecule is Cc1noc(C)c1NC(=O)Nc1ccc2c(c1)CC(=O)N([C@@H](C)CO)C[C@@H](C)[C@H](CN(C)C(=O)Nc1ccc3c(c1)OCO3)O2. The molecule has 0 aliphatic carbocycles. The van der Waals surface area contributed by atoms with E-state index in [1.165, 1.54) is 4.90 Å². The molecule has 4 N–H and O–H groups in total. The van der Waals surface area contributed by atoms with Gasteiger partial charge in [0.05, 0.1) is 25.6 Å². The summed E-state index contributed by atoms with van der Waals surface area (Å²) in [7, 11) is 1.66. The lowest BCUT2D eigenvalue weighted by atomic mass is 10.0. The number of urea groups is 2. The Morgan fingerprint density at radius 2 is 1.78 bits per heavy atom. The minimum absolute atomic E-state index is 0.0133.